The molecule has 0 aliphatic carbocycles. The normalized spacial score (nSPS) is 12.6. The van der Waals surface area contributed by atoms with Crippen LogP contribution in [-0.4, -0.2) is 37.9 Å². The van der Waals surface area contributed by atoms with Crippen LogP contribution in [0.3, 0.4) is 0 Å². The average Bonchev–Trinajstić information content (AvgIpc) is 2.94. The molecule has 4 N–H and O–H groups in total. The van der Waals surface area contributed by atoms with Gasteiger partial charge in [-0.05, 0) is 30.7 Å². The van der Waals surface area contributed by atoms with Gasteiger partial charge < -0.3 is 15.4 Å². The van der Waals surface area contributed by atoms with E-state index in [2.05, 4.69) is 15.7 Å². The fourth-order valence-corrected chi connectivity index (χ4v) is 2.86. The quantitative estimate of drug-likeness (QED) is 0.698. The van der Waals surface area contributed by atoms with E-state index in [-0.39, 0.29) is 11.5 Å². The van der Waals surface area contributed by atoms with Crippen LogP contribution in [0.2, 0.25) is 0 Å². The lowest BCUT2D eigenvalue weighted by Crippen LogP contribution is -2.36. The zero-order valence-corrected chi connectivity index (χ0v) is 15.0. The molecule has 0 saturated heterocycles. The third-order valence-electron chi connectivity index (χ3n) is 3.64. The van der Waals surface area contributed by atoms with Gasteiger partial charge in [0.25, 0.3) is 0 Å². The Kier molecular flexibility index (Phi) is 5.77. The zero-order chi connectivity index (χ0) is 18.6. The third kappa shape index (κ3) is 4.78. The summed E-state index contributed by atoms with van der Waals surface area (Å²) >= 11 is 0. The largest absolute Gasteiger partial charge is 0.382 e. The van der Waals surface area contributed by atoms with E-state index in [0.717, 1.165) is 5.69 Å². The maximum Gasteiger partial charge on any atom is 0.319 e. The molecule has 0 radical (unpaired) electrons. The lowest BCUT2D eigenvalue weighted by molar-refractivity contribution is 0.165. The predicted octanol–water partition coefficient (Wildman–Crippen LogP) is 0.885. The van der Waals surface area contributed by atoms with Crippen molar-refractivity contribution in [2.75, 3.05) is 19.0 Å². The van der Waals surface area contributed by atoms with E-state index in [0.29, 0.717) is 11.3 Å². The van der Waals surface area contributed by atoms with Crippen molar-refractivity contribution < 1.29 is 17.9 Å². The molecule has 0 saturated carbocycles. The van der Waals surface area contributed by atoms with Crippen LogP contribution in [-0.2, 0) is 21.8 Å². The first kappa shape index (κ1) is 18.9. The Bertz CT molecular complexity index is 863. The van der Waals surface area contributed by atoms with Crippen molar-refractivity contribution in [2.45, 2.75) is 17.9 Å². The van der Waals surface area contributed by atoms with Gasteiger partial charge in [-0.2, -0.15) is 5.10 Å². The molecule has 0 bridgehead atoms. The number of rotatable bonds is 6. The third-order valence-corrected chi connectivity index (χ3v) is 4.55. The van der Waals surface area contributed by atoms with Gasteiger partial charge in [0, 0.05) is 26.0 Å². The molecule has 9 nitrogen and oxygen atoms in total. The molecule has 0 fully saturated rings. The minimum absolute atomic E-state index is 0.0755. The number of urea groups is 1. The summed E-state index contributed by atoms with van der Waals surface area (Å²) in [4.78, 5) is 12.3. The first-order valence-corrected chi connectivity index (χ1v) is 8.95. The molecule has 1 atom stereocenters. The minimum atomic E-state index is -3.85. The summed E-state index contributed by atoms with van der Waals surface area (Å²) in [6.45, 7) is 2.00. The van der Waals surface area contributed by atoms with Gasteiger partial charge in [-0.1, -0.05) is 6.07 Å². The van der Waals surface area contributed by atoms with Crippen molar-refractivity contribution in [3.05, 3.63) is 41.7 Å². The molecule has 10 heteroatoms. The number of methoxy groups -OCH3 is 1. The van der Waals surface area contributed by atoms with Gasteiger partial charge >= 0.3 is 6.03 Å². The second kappa shape index (κ2) is 7.64. The van der Waals surface area contributed by atoms with Gasteiger partial charge in [-0.15, -0.1) is 0 Å². The van der Waals surface area contributed by atoms with Crippen LogP contribution in [0, 0.1) is 6.92 Å². The van der Waals surface area contributed by atoms with Crippen molar-refractivity contribution in [3.63, 3.8) is 0 Å². The number of carbonyl (C=O) groups excluding carboxylic acids is 1. The molecule has 0 unspecified atom stereocenters. The lowest BCUT2D eigenvalue weighted by Gasteiger charge is -2.19. The number of ether oxygens (including phenoxy) is 1. The molecule has 1 heterocycles. The Morgan fingerprint density at radius 1 is 1.40 bits per heavy atom. The van der Waals surface area contributed by atoms with Crippen molar-refractivity contribution in [3.8, 4) is 0 Å². The molecule has 1 aromatic carbocycles. The average molecular weight is 367 g/mol. The number of benzene rings is 1. The highest BCUT2D eigenvalue weighted by Crippen LogP contribution is 2.20. The van der Waals surface area contributed by atoms with Crippen LogP contribution >= 0.6 is 0 Å². The number of aryl methyl sites for hydroxylation is 2. The first-order chi connectivity index (χ1) is 11.7. The predicted molar refractivity (Wildman–Crippen MR) is 92.5 cm³/mol. The minimum Gasteiger partial charge on any atom is -0.382 e. The molecule has 2 amide bonds. The van der Waals surface area contributed by atoms with Gasteiger partial charge in [-0.3, -0.25) is 4.68 Å². The van der Waals surface area contributed by atoms with Crippen LogP contribution in [0.4, 0.5) is 10.5 Å². The lowest BCUT2D eigenvalue weighted by atomic mass is 10.2. The molecule has 2 rings (SSSR count). The van der Waals surface area contributed by atoms with Crippen LogP contribution < -0.4 is 15.8 Å². The summed E-state index contributed by atoms with van der Waals surface area (Å²) in [6, 6.07) is 5.13. The monoisotopic (exact) mass is 367 g/mol. The molecule has 136 valence electrons. The van der Waals surface area contributed by atoms with Crippen LogP contribution in [0.15, 0.2) is 35.4 Å². The first-order valence-electron chi connectivity index (χ1n) is 7.40. The highest BCUT2D eigenvalue weighted by atomic mass is 32.2. The second-order valence-electron chi connectivity index (χ2n) is 5.51. The topological polar surface area (TPSA) is 128 Å². The number of primary sulfonamides is 1. The highest BCUT2D eigenvalue weighted by Gasteiger charge is 2.18. The number of sulfonamides is 1. The summed E-state index contributed by atoms with van der Waals surface area (Å²) in [5.41, 5.74) is 1.82. The van der Waals surface area contributed by atoms with E-state index >= 15 is 0 Å². The Morgan fingerprint density at radius 2 is 2.12 bits per heavy atom. The Hall–Kier alpha value is -2.43. The van der Waals surface area contributed by atoms with Gasteiger partial charge in [-0.25, -0.2) is 18.4 Å². The van der Waals surface area contributed by atoms with Crippen LogP contribution in [0.1, 0.15) is 17.3 Å². The molecule has 2 aromatic rings. The summed E-state index contributed by atoms with van der Waals surface area (Å²) in [5, 5.41) is 14.6. The summed E-state index contributed by atoms with van der Waals surface area (Å²) in [7, 11) is -0.562. The summed E-state index contributed by atoms with van der Waals surface area (Å²) in [6.07, 6.45) is 1.62. The molecule has 0 spiro atoms. The molecular formula is C15H21N5O4S. The number of anilines is 1. The number of nitrogens with one attached hydrogen (secondary N) is 2. The zero-order valence-electron chi connectivity index (χ0n) is 14.2. The second-order valence-corrected chi connectivity index (χ2v) is 7.07. The molecule has 1 aromatic heterocycles. The maximum atomic E-state index is 12.3. The number of amides is 2. The van der Waals surface area contributed by atoms with E-state index in [1.165, 1.54) is 19.2 Å². The maximum absolute atomic E-state index is 12.3. The number of hydrogen-bond acceptors (Lipinski definition) is 5. The highest BCUT2D eigenvalue weighted by molar-refractivity contribution is 7.89. The van der Waals surface area contributed by atoms with E-state index in [1.807, 2.05) is 0 Å². The van der Waals surface area contributed by atoms with Gasteiger partial charge in [0.2, 0.25) is 10.0 Å². The van der Waals surface area contributed by atoms with Crippen LogP contribution in [0.5, 0.6) is 0 Å². The number of nitrogens with zero attached hydrogens (tertiary/aromatic N) is 2. The standard InChI is InChI=1S/C15H21N5O4S/c1-10-4-5-11(25(16,22)23)8-12(10)18-15(21)19-13(9-24-3)14-6-7-17-20(14)2/h4-8,13H,9H2,1-3H3,(H2,16,22,23)(H2,18,19,21)/t13-/m0/s1. The van der Waals surface area contributed by atoms with Crippen molar-refractivity contribution in [2.24, 2.45) is 12.2 Å². The SMILES string of the molecule is COC[C@H](NC(=O)Nc1cc(S(N)(=O)=O)ccc1C)c1ccnn1C. The van der Waals surface area contributed by atoms with Gasteiger partial charge in [0.15, 0.2) is 0 Å². The Balaban J connectivity index is 2.17. The van der Waals surface area contributed by atoms with E-state index in [1.54, 1.807) is 37.0 Å². The number of aromatic nitrogens is 2. The number of carbonyl (C=O) groups is 1. The van der Waals surface area contributed by atoms with E-state index in [4.69, 9.17) is 9.88 Å². The molecule has 0 aliphatic rings. The van der Waals surface area contributed by atoms with Crippen LogP contribution in [0.25, 0.3) is 0 Å². The van der Waals surface area contributed by atoms with Gasteiger partial charge in [0.05, 0.1) is 23.2 Å². The van der Waals surface area contributed by atoms with E-state index < -0.39 is 22.1 Å². The van der Waals surface area contributed by atoms with Crippen molar-refractivity contribution >= 4 is 21.7 Å². The van der Waals surface area contributed by atoms with E-state index in [9.17, 15) is 13.2 Å². The fraction of sp³-hybridized carbons (Fsp3) is 0.333. The fourth-order valence-electron chi connectivity index (χ4n) is 2.32. The Morgan fingerprint density at radius 3 is 2.68 bits per heavy atom. The van der Waals surface area contributed by atoms with Crippen molar-refractivity contribution in [1.29, 1.82) is 0 Å². The number of hydrogen-bond donors (Lipinski definition) is 3. The van der Waals surface area contributed by atoms with Gasteiger partial charge in [0.1, 0.15) is 0 Å². The summed E-state index contributed by atoms with van der Waals surface area (Å²) in [5.74, 6) is 0. The van der Waals surface area contributed by atoms with Crippen molar-refractivity contribution in [1.82, 2.24) is 15.1 Å². The molecule has 0 aliphatic heterocycles. The molecular weight excluding hydrogens is 346 g/mol. The Labute approximate surface area is 146 Å². The molecule has 25 heavy (non-hydrogen) atoms. The summed E-state index contributed by atoms with van der Waals surface area (Å²) < 4.78 is 29.7. The smallest absolute Gasteiger partial charge is 0.319 e. The number of nitrogens with two attached hydrogens (primary N) is 1.